The van der Waals surface area contributed by atoms with Gasteiger partial charge in [-0.25, -0.2) is 0 Å². The van der Waals surface area contributed by atoms with E-state index in [0.29, 0.717) is 31.4 Å². The number of nitrogens with one attached hydrogen (secondary N) is 1. The molecule has 1 aromatic heterocycles. The highest BCUT2D eigenvalue weighted by molar-refractivity contribution is 6.01. The molecule has 0 saturated carbocycles. The third kappa shape index (κ3) is 3.97. The minimum Gasteiger partial charge on any atom is -0.441 e. The van der Waals surface area contributed by atoms with Crippen molar-refractivity contribution in [1.29, 1.82) is 5.26 Å². The van der Waals surface area contributed by atoms with Crippen molar-refractivity contribution in [2.75, 3.05) is 37.7 Å². The molecule has 0 bridgehead atoms. The molecule has 0 atom stereocenters. The summed E-state index contributed by atoms with van der Waals surface area (Å²) in [6.45, 7) is 6.68. The van der Waals surface area contributed by atoms with E-state index in [0.717, 1.165) is 13.1 Å². The number of hydrogen-bond donors (Lipinski definition) is 1. The van der Waals surface area contributed by atoms with E-state index < -0.39 is 5.91 Å². The molecule has 1 aliphatic rings. The first-order valence-electron chi connectivity index (χ1n) is 6.68. The zero-order valence-electron chi connectivity index (χ0n) is 11.7. The summed E-state index contributed by atoms with van der Waals surface area (Å²) in [7, 11) is 0. The Kier molecular flexibility index (Phi) is 5.18. The summed E-state index contributed by atoms with van der Waals surface area (Å²) in [4.78, 5) is 13.8. The Morgan fingerprint density at radius 1 is 1.48 bits per heavy atom. The first-order valence-corrected chi connectivity index (χ1v) is 6.68. The molecular formula is C15H17N3O3. The largest absolute Gasteiger partial charge is 0.441 e. The molecule has 2 rings (SSSR count). The van der Waals surface area contributed by atoms with E-state index in [1.165, 1.54) is 6.08 Å². The minimum absolute atomic E-state index is 0.000252. The van der Waals surface area contributed by atoms with Gasteiger partial charge >= 0.3 is 0 Å². The van der Waals surface area contributed by atoms with Crippen molar-refractivity contribution in [3.63, 3.8) is 0 Å². The number of nitrogens with zero attached hydrogens (tertiary/aromatic N) is 2. The zero-order chi connectivity index (χ0) is 15.1. The number of nitriles is 1. The topological polar surface area (TPSA) is 78.5 Å². The van der Waals surface area contributed by atoms with Gasteiger partial charge in [-0.2, -0.15) is 5.26 Å². The van der Waals surface area contributed by atoms with E-state index in [-0.39, 0.29) is 5.57 Å². The summed E-state index contributed by atoms with van der Waals surface area (Å²) in [5.41, 5.74) is -0.000252. The molecule has 0 aliphatic carbocycles. The molecule has 2 heterocycles. The number of ether oxygens (including phenoxy) is 1. The Morgan fingerprint density at radius 2 is 2.24 bits per heavy atom. The maximum Gasteiger partial charge on any atom is 0.262 e. The van der Waals surface area contributed by atoms with E-state index in [9.17, 15) is 4.79 Å². The Labute approximate surface area is 123 Å². The van der Waals surface area contributed by atoms with Gasteiger partial charge in [-0.3, -0.25) is 4.79 Å². The molecule has 1 aliphatic heterocycles. The third-order valence-corrected chi connectivity index (χ3v) is 2.99. The van der Waals surface area contributed by atoms with E-state index in [1.54, 1.807) is 12.1 Å². The van der Waals surface area contributed by atoms with Crippen molar-refractivity contribution < 1.29 is 13.9 Å². The highest BCUT2D eigenvalue weighted by atomic mass is 16.5. The van der Waals surface area contributed by atoms with Gasteiger partial charge in [0, 0.05) is 31.8 Å². The number of morpholine rings is 1. The normalized spacial score (nSPS) is 15.4. The molecule has 21 heavy (non-hydrogen) atoms. The number of furan rings is 1. The number of carbonyl (C=O) groups excluding carboxylic acids is 1. The fourth-order valence-corrected chi connectivity index (χ4v) is 1.92. The molecule has 1 N–H and O–H groups in total. The van der Waals surface area contributed by atoms with Crippen molar-refractivity contribution in [2.45, 2.75) is 0 Å². The van der Waals surface area contributed by atoms with Crippen molar-refractivity contribution in [2.24, 2.45) is 0 Å². The van der Waals surface area contributed by atoms with Crippen molar-refractivity contribution in [3.05, 3.63) is 36.1 Å². The molecule has 1 fully saturated rings. The maximum absolute atomic E-state index is 11.7. The summed E-state index contributed by atoms with van der Waals surface area (Å²) in [5.74, 6) is 0.747. The monoisotopic (exact) mass is 287 g/mol. The fraction of sp³-hybridized carbons (Fsp3) is 0.333. The number of hydrogen-bond acceptors (Lipinski definition) is 5. The molecule has 0 aromatic carbocycles. The van der Waals surface area contributed by atoms with Crippen LogP contribution in [-0.4, -0.2) is 38.8 Å². The molecular weight excluding hydrogens is 270 g/mol. The van der Waals surface area contributed by atoms with Crippen LogP contribution in [-0.2, 0) is 9.53 Å². The first-order chi connectivity index (χ1) is 10.2. The van der Waals surface area contributed by atoms with Gasteiger partial charge in [-0.1, -0.05) is 6.08 Å². The highest BCUT2D eigenvalue weighted by Gasteiger charge is 2.15. The Balaban J connectivity index is 2.08. The number of rotatable bonds is 5. The van der Waals surface area contributed by atoms with E-state index >= 15 is 0 Å². The van der Waals surface area contributed by atoms with Crippen LogP contribution in [0.25, 0.3) is 6.08 Å². The number of carbonyl (C=O) groups is 1. The SMILES string of the molecule is C=CCNC(=O)/C(C#N)=C\c1ccc(N2CCOCC2)o1. The Bertz CT molecular complexity index is 577. The van der Waals surface area contributed by atoms with Crippen LogP contribution in [0.1, 0.15) is 5.76 Å². The molecule has 1 amide bonds. The van der Waals surface area contributed by atoms with Gasteiger partial charge in [0.15, 0.2) is 5.88 Å². The summed E-state index contributed by atoms with van der Waals surface area (Å²) < 4.78 is 10.9. The molecule has 6 heteroatoms. The second-order valence-electron chi connectivity index (χ2n) is 4.44. The van der Waals surface area contributed by atoms with Crippen molar-refractivity contribution in [3.8, 4) is 6.07 Å². The molecule has 0 radical (unpaired) electrons. The quantitative estimate of drug-likeness (QED) is 0.502. The van der Waals surface area contributed by atoms with E-state index in [2.05, 4.69) is 16.8 Å². The summed E-state index contributed by atoms with van der Waals surface area (Å²) in [6.07, 6.45) is 2.98. The summed E-state index contributed by atoms with van der Waals surface area (Å²) in [5, 5.41) is 11.6. The summed E-state index contributed by atoms with van der Waals surface area (Å²) >= 11 is 0. The smallest absolute Gasteiger partial charge is 0.262 e. The van der Waals surface area contributed by atoms with Gasteiger partial charge in [-0.05, 0) is 6.07 Å². The number of amides is 1. The van der Waals surface area contributed by atoms with Crippen LogP contribution >= 0.6 is 0 Å². The van der Waals surface area contributed by atoms with Crippen LogP contribution in [0.4, 0.5) is 5.88 Å². The molecule has 110 valence electrons. The van der Waals surface area contributed by atoms with E-state index in [1.807, 2.05) is 12.1 Å². The predicted molar refractivity (Wildman–Crippen MR) is 78.5 cm³/mol. The van der Waals surface area contributed by atoms with Gasteiger partial charge < -0.3 is 19.4 Å². The third-order valence-electron chi connectivity index (χ3n) is 2.99. The second kappa shape index (κ2) is 7.31. The van der Waals surface area contributed by atoms with Crippen LogP contribution in [0.2, 0.25) is 0 Å². The molecule has 0 unspecified atom stereocenters. The van der Waals surface area contributed by atoms with Gasteiger partial charge in [-0.15, -0.1) is 6.58 Å². The van der Waals surface area contributed by atoms with Crippen LogP contribution < -0.4 is 10.2 Å². The van der Waals surface area contributed by atoms with Crippen LogP contribution in [0.15, 0.2) is 34.8 Å². The Hall–Kier alpha value is -2.52. The lowest BCUT2D eigenvalue weighted by atomic mass is 10.2. The van der Waals surface area contributed by atoms with Crippen LogP contribution in [0.3, 0.4) is 0 Å². The average Bonchev–Trinajstić information content (AvgIpc) is 2.99. The second-order valence-corrected chi connectivity index (χ2v) is 4.44. The van der Waals surface area contributed by atoms with Gasteiger partial charge in [0.05, 0.1) is 13.2 Å². The average molecular weight is 287 g/mol. The first kappa shape index (κ1) is 14.9. The number of anilines is 1. The molecule has 1 aromatic rings. The van der Waals surface area contributed by atoms with E-state index in [4.69, 9.17) is 14.4 Å². The van der Waals surface area contributed by atoms with Gasteiger partial charge in [0.2, 0.25) is 0 Å². The predicted octanol–water partition coefficient (Wildman–Crippen LogP) is 1.33. The van der Waals surface area contributed by atoms with Crippen LogP contribution in [0, 0.1) is 11.3 Å². The maximum atomic E-state index is 11.7. The van der Waals surface area contributed by atoms with Gasteiger partial charge in [0.25, 0.3) is 5.91 Å². The molecule has 0 spiro atoms. The minimum atomic E-state index is -0.443. The lowest BCUT2D eigenvalue weighted by Gasteiger charge is -2.26. The Morgan fingerprint density at radius 3 is 2.90 bits per heavy atom. The molecule has 1 saturated heterocycles. The van der Waals surface area contributed by atoms with Crippen molar-refractivity contribution >= 4 is 17.9 Å². The highest BCUT2D eigenvalue weighted by Crippen LogP contribution is 2.21. The standard InChI is InChI=1S/C15H17N3O3/c1-2-5-17-15(19)12(11-16)10-13-3-4-14(21-13)18-6-8-20-9-7-18/h2-4,10H,1,5-9H2,(H,17,19)/b12-10-. The zero-order valence-corrected chi connectivity index (χ0v) is 11.7. The summed E-state index contributed by atoms with van der Waals surface area (Å²) in [6, 6.07) is 5.44. The molecule has 6 nitrogen and oxygen atoms in total. The lowest BCUT2D eigenvalue weighted by Crippen LogP contribution is -2.35. The van der Waals surface area contributed by atoms with Crippen LogP contribution in [0.5, 0.6) is 0 Å². The van der Waals surface area contributed by atoms with Crippen molar-refractivity contribution in [1.82, 2.24) is 5.32 Å². The fourth-order valence-electron chi connectivity index (χ4n) is 1.92. The van der Waals surface area contributed by atoms with Gasteiger partial charge in [0.1, 0.15) is 17.4 Å². The lowest BCUT2D eigenvalue weighted by molar-refractivity contribution is -0.116.